The summed E-state index contributed by atoms with van der Waals surface area (Å²) in [7, 11) is 0. The Labute approximate surface area is 468 Å². The Kier molecular flexibility index (Phi) is 22.3. The molecule has 0 radical (unpaired) electrons. The van der Waals surface area contributed by atoms with Gasteiger partial charge >= 0.3 is 11.4 Å². The molecule has 1 unspecified atom stereocenters. The normalized spacial score (nSPS) is 17.7. The Bertz CT molecular complexity index is 1370. The lowest BCUT2D eigenvalue weighted by atomic mass is 9.97. The van der Waals surface area contributed by atoms with E-state index in [4.69, 9.17) is 387 Å². The van der Waals surface area contributed by atoms with E-state index in [9.17, 15) is 4.21 Å². The molecular formula is C16HCl33O3S. The van der Waals surface area contributed by atoms with Gasteiger partial charge in [-0.1, -0.05) is 383 Å². The van der Waals surface area contributed by atoms with Gasteiger partial charge in [0.15, 0.2) is 52.0 Å². The smallest absolute Gasteiger partial charge is 0.284 e. The third-order valence-corrected chi connectivity index (χ3v) is 30.0. The molecule has 0 saturated carbocycles. The van der Waals surface area contributed by atoms with Crippen molar-refractivity contribution in [2.45, 2.75) is 69.0 Å². The van der Waals surface area contributed by atoms with Crippen LogP contribution in [0.25, 0.3) is 0 Å². The van der Waals surface area contributed by atoms with Crippen LogP contribution in [-0.2, 0) is 15.5 Å². The summed E-state index contributed by atoms with van der Waals surface area (Å²) in [4.78, 5) is 0. The highest BCUT2D eigenvalue weighted by molar-refractivity contribution is 7.74. The Hall–Kier alpha value is 9.64. The molecule has 0 saturated heterocycles. The van der Waals surface area contributed by atoms with Gasteiger partial charge in [-0.15, -0.1) is 0 Å². The summed E-state index contributed by atoms with van der Waals surface area (Å²) < 4.78 is -31.0. The van der Waals surface area contributed by atoms with Crippen molar-refractivity contribution in [2.24, 2.45) is 0 Å². The molecule has 0 amide bonds. The van der Waals surface area contributed by atoms with Crippen LogP contribution in [0.2, 0.25) is 0 Å². The molecule has 3 nitrogen and oxygen atoms in total. The molecule has 0 bridgehead atoms. The molecule has 320 valence electrons. The van der Waals surface area contributed by atoms with E-state index in [1.54, 1.807) is 0 Å². The van der Waals surface area contributed by atoms with Crippen molar-refractivity contribution < 1.29 is 12.9 Å². The summed E-state index contributed by atoms with van der Waals surface area (Å²) in [6.07, 6.45) is 0. The monoisotopic (exact) mass is 1430 g/mol. The lowest BCUT2D eigenvalue weighted by Gasteiger charge is -2.58. The molecular weight excluding hydrogens is 1440 g/mol. The zero-order valence-corrected chi connectivity index (χ0v) is 47.9. The molecule has 0 aromatic carbocycles. The molecule has 1 N–H and O–H groups in total. The maximum absolute atomic E-state index is 11.3. The molecule has 0 aliphatic rings. The minimum Gasteiger partial charge on any atom is -0.284 e. The fourth-order valence-electron chi connectivity index (χ4n) is 2.87. The van der Waals surface area contributed by atoms with Crippen LogP contribution in [0.3, 0.4) is 0 Å². The maximum Gasteiger partial charge on any atom is 0.304 e. The number of alkyl halides is 33. The Morgan fingerprint density at radius 3 is 0.528 bits per heavy atom. The van der Waals surface area contributed by atoms with E-state index in [0.717, 1.165) is 0 Å². The van der Waals surface area contributed by atoms with Crippen LogP contribution in [0.1, 0.15) is 0 Å². The van der Waals surface area contributed by atoms with Crippen LogP contribution in [0.5, 0.6) is 0 Å². The fourth-order valence-corrected chi connectivity index (χ4v) is 14.5. The molecule has 0 heterocycles. The van der Waals surface area contributed by atoms with Crippen LogP contribution in [0.4, 0.5) is 0 Å². The van der Waals surface area contributed by atoms with Gasteiger partial charge in [0.1, 0.15) is 0 Å². The van der Waals surface area contributed by atoms with Gasteiger partial charge < -0.3 is 0 Å². The van der Waals surface area contributed by atoms with E-state index in [2.05, 4.69) is 4.18 Å². The van der Waals surface area contributed by atoms with Crippen molar-refractivity contribution in [3.63, 3.8) is 0 Å². The number of rotatable bonds is 16. The van der Waals surface area contributed by atoms with Crippen molar-refractivity contribution in [1.29, 1.82) is 0 Å². The van der Waals surface area contributed by atoms with Crippen molar-refractivity contribution in [2.75, 3.05) is 0 Å². The van der Waals surface area contributed by atoms with Crippen LogP contribution in [-0.4, -0.2) is 77.7 Å². The molecule has 0 aromatic rings. The first-order valence-electron chi connectivity index (χ1n) is 10.7. The minimum atomic E-state index is -3.70. The van der Waals surface area contributed by atoms with Gasteiger partial charge in [-0.3, -0.25) is 4.55 Å². The summed E-state index contributed by atoms with van der Waals surface area (Å²) in [6.45, 7) is 0. The second-order valence-electron chi connectivity index (χ2n) is 9.36. The minimum absolute atomic E-state index is 2.87. The maximum atomic E-state index is 11.3. The van der Waals surface area contributed by atoms with Crippen LogP contribution >= 0.6 is 383 Å². The summed E-state index contributed by atoms with van der Waals surface area (Å²) >= 11 is 204. The van der Waals surface area contributed by atoms with Crippen molar-refractivity contribution >= 4 is 394 Å². The molecule has 0 aromatic heterocycles. The molecule has 0 spiro atoms. The summed E-state index contributed by atoms with van der Waals surface area (Å²) in [5.41, 5.74) is 0. The molecule has 0 aliphatic carbocycles. The Balaban J connectivity index is 7.73. The van der Waals surface area contributed by atoms with E-state index >= 15 is 0 Å². The average Bonchev–Trinajstić information content (AvgIpc) is 2.89. The van der Waals surface area contributed by atoms with E-state index < -0.39 is 80.3 Å². The molecule has 0 aliphatic heterocycles. The van der Waals surface area contributed by atoms with Gasteiger partial charge in [-0.25, -0.2) is 4.18 Å². The van der Waals surface area contributed by atoms with Gasteiger partial charge in [-0.05, 0) is 0 Å². The van der Waals surface area contributed by atoms with Gasteiger partial charge in [0.2, 0.25) is 12.5 Å². The summed E-state index contributed by atoms with van der Waals surface area (Å²) in [5, 5.41) is 0. The predicted octanol–water partition coefficient (Wildman–Crippen LogP) is 19.1. The molecule has 0 fully saturated rings. The van der Waals surface area contributed by atoms with Crippen molar-refractivity contribution in [3.05, 3.63) is 0 Å². The third-order valence-electron chi connectivity index (χ3n) is 6.02. The third kappa shape index (κ3) is 9.79. The summed E-state index contributed by atoms with van der Waals surface area (Å²) in [6, 6.07) is 0. The highest BCUT2D eigenvalue weighted by atomic mass is 35.6. The van der Waals surface area contributed by atoms with Crippen molar-refractivity contribution in [3.8, 4) is 0 Å². The lowest BCUT2D eigenvalue weighted by molar-refractivity contribution is 0.208. The zero-order valence-electron chi connectivity index (χ0n) is 22.1. The Morgan fingerprint density at radius 1 is 0.264 bits per heavy atom. The van der Waals surface area contributed by atoms with Crippen LogP contribution < -0.4 is 0 Å². The first-order chi connectivity index (χ1) is 22.2. The highest BCUT2D eigenvalue weighted by Crippen LogP contribution is 2.78. The molecule has 53 heavy (non-hydrogen) atoms. The summed E-state index contributed by atoms with van der Waals surface area (Å²) in [5.74, 6) is 0. The molecule has 0 rings (SSSR count). The van der Waals surface area contributed by atoms with E-state index in [-0.39, 0.29) is 0 Å². The van der Waals surface area contributed by atoms with Crippen molar-refractivity contribution in [1.82, 2.24) is 0 Å². The molecule has 37 heteroatoms. The predicted molar refractivity (Wildman–Crippen MR) is 249 cm³/mol. The van der Waals surface area contributed by atoms with E-state index in [1.165, 1.54) is 0 Å². The number of hydrogen-bond acceptors (Lipinski definition) is 2. The van der Waals surface area contributed by atoms with Gasteiger partial charge in [0, 0.05) is 0 Å². The topological polar surface area (TPSA) is 46.5 Å². The second kappa shape index (κ2) is 18.9. The average molecular weight is 1440 g/mol. The van der Waals surface area contributed by atoms with E-state index in [1.807, 2.05) is 0 Å². The van der Waals surface area contributed by atoms with E-state index in [0.29, 0.717) is 0 Å². The second-order valence-corrected chi connectivity index (χ2v) is 32.1. The zero-order chi connectivity index (χ0) is 44.3. The Morgan fingerprint density at radius 2 is 0.396 bits per heavy atom. The lowest BCUT2D eigenvalue weighted by Crippen LogP contribution is -2.75. The SMILES string of the molecule is O=S(O)OC(Cl)(Cl)C(Cl)(Cl)C(Cl)(Cl)C(Cl)(Cl)C(Cl)(Cl)C(Cl)(Cl)C(Cl)(Cl)C(Cl)(Cl)C(Cl)(Cl)C(Cl)(Cl)C(Cl)(Cl)C(Cl)(Cl)C(Cl)(Cl)C(Cl)(Cl)C(Cl)(Cl)C(Cl)(Cl)Cl. The first kappa shape index (κ1) is 62.6. The standard InChI is InChI=1S/C16HCl33O3S/c17-1(18,3(21,22)5(25,26)7(29,30)9(33,34)11(37,38)13(41,42)15(45,46)47)2(19,20)4(23,24)6(27,28)8(31,32)10(35,36)12(39,40)14(43,44)16(48,49)52-53(50)51/h(H,50,51). The first-order valence-corrected chi connectivity index (χ1v) is 24.2. The fraction of sp³-hybridized carbons (Fsp3) is 1.00. The number of halogens is 33. The molecule has 1 atom stereocenters. The number of hydrogen-bond donors (Lipinski definition) is 1. The quantitative estimate of drug-likeness (QED) is 0.124. The van der Waals surface area contributed by atoms with Crippen LogP contribution in [0, 0.1) is 0 Å². The van der Waals surface area contributed by atoms with Gasteiger partial charge in [-0.2, -0.15) is 4.21 Å². The van der Waals surface area contributed by atoms with Gasteiger partial charge in [0.25, 0.3) is 4.52 Å². The largest absolute Gasteiger partial charge is 0.304 e. The van der Waals surface area contributed by atoms with Crippen LogP contribution in [0.15, 0.2) is 0 Å². The van der Waals surface area contributed by atoms with Gasteiger partial charge in [0.05, 0.1) is 0 Å². The highest BCUT2D eigenvalue weighted by Gasteiger charge is 2.87.